The number of hydrogen-bond donors (Lipinski definition) is 1. The second-order valence-electron chi connectivity index (χ2n) is 6.51. The Labute approximate surface area is 153 Å². The monoisotopic (exact) mass is 355 g/mol. The van der Waals surface area contributed by atoms with Gasteiger partial charge >= 0.3 is 0 Å². The van der Waals surface area contributed by atoms with Gasteiger partial charge in [0.1, 0.15) is 23.8 Å². The maximum atomic E-state index is 12.6. The van der Waals surface area contributed by atoms with E-state index in [1.165, 1.54) is 0 Å². The molecule has 3 aromatic rings. The molecule has 0 aliphatic rings. The van der Waals surface area contributed by atoms with Crippen LogP contribution in [0.3, 0.4) is 0 Å². The molecule has 0 aliphatic heterocycles. The predicted octanol–water partition coefficient (Wildman–Crippen LogP) is 2.91. The normalized spacial score (nSPS) is 11.2. The number of benzene rings is 1. The Kier molecular flexibility index (Phi) is 5.63. The summed E-state index contributed by atoms with van der Waals surface area (Å²) in [5.74, 6) is 1.54. The van der Waals surface area contributed by atoms with Crippen molar-refractivity contribution in [3.63, 3.8) is 0 Å². The van der Waals surface area contributed by atoms with Gasteiger partial charge < -0.3 is 23.9 Å². The molecule has 0 aliphatic carbocycles. The second kappa shape index (κ2) is 8.10. The molecule has 2 aromatic heterocycles. The van der Waals surface area contributed by atoms with E-state index in [4.69, 9.17) is 9.15 Å². The number of aryl methyl sites for hydroxylation is 1. The van der Waals surface area contributed by atoms with Gasteiger partial charge in [0.05, 0.1) is 12.1 Å². The lowest BCUT2D eigenvalue weighted by Gasteiger charge is -2.13. The van der Waals surface area contributed by atoms with Gasteiger partial charge in [-0.2, -0.15) is 0 Å². The van der Waals surface area contributed by atoms with Crippen molar-refractivity contribution in [2.75, 3.05) is 33.8 Å². The molecule has 2 heterocycles. The number of likely N-dealkylation sites (N-methyl/N-ethyl adjacent to an activating group) is 1. The number of carbonyl (C=O) groups excluding carboxylic acids is 1. The van der Waals surface area contributed by atoms with Crippen LogP contribution in [0.1, 0.15) is 16.2 Å². The first-order chi connectivity index (χ1) is 12.5. The highest BCUT2D eigenvalue weighted by Gasteiger charge is 2.18. The Morgan fingerprint density at radius 2 is 2.00 bits per heavy atom. The molecule has 3 rings (SSSR count). The smallest absolute Gasteiger partial charge is 0.268 e. The number of nitrogens with one attached hydrogen (secondary N) is 1. The SMILES string of the molecule is Cc1cc2c(cc(C(=O)NCCN(C)C)n2CCOc2ccccc2)o1. The minimum atomic E-state index is -0.101. The molecule has 6 nitrogen and oxygen atoms in total. The summed E-state index contributed by atoms with van der Waals surface area (Å²) in [6.45, 7) is 4.32. The Bertz CT molecular complexity index is 865. The Hall–Kier alpha value is -2.73. The Morgan fingerprint density at radius 1 is 1.23 bits per heavy atom. The largest absolute Gasteiger partial charge is 0.492 e. The number of carbonyl (C=O) groups is 1. The average Bonchev–Trinajstić information content (AvgIpc) is 3.12. The van der Waals surface area contributed by atoms with Crippen LogP contribution in [-0.2, 0) is 6.54 Å². The second-order valence-corrected chi connectivity index (χ2v) is 6.51. The maximum Gasteiger partial charge on any atom is 0.268 e. The molecule has 0 fully saturated rings. The van der Waals surface area contributed by atoms with Gasteiger partial charge in [-0.05, 0) is 33.2 Å². The molecule has 138 valence electrons. The maximum absolute atomic E-state index is 12.6. The van der Waals surface area contributed by atoms with Gasteiger partial charge in [-0.25, -0.2) is 0 Å². The third kappa shape index (κ3) is 4.26. The number of ether oxygens (including phenoxy) is 1. The zero-order valence-electron chi connectivity index (χ0n) is 15.5. The molecule has 1 amide bonds. The number of para-hydroxylation sites is 1. The van der Waals surface area contributed by atoms with Gasteiger partial charge in [0.25, 0.3) is 5.91 Å². The van der Waals surface area contributed by atoms with Crippen LogP contribution in [0.2, 0.25) is 0 Å². The highest BCUT2D eigenvalue weighted by atomic mass is 16.5. The van der Waals surface area contributed by atoms with Crippen molar-refractivity contribution in [3.8, 4) is 5.75 Å². The predicted molar refractivity (Wildman–Crippen MR) is 102 cm³/mol. The summed E-state index contributed by atoms with van der Waals surface area (Å²) in [6, 6.07) is 13.4. The minimum absolute atomic E-state index is 0.101. The topological polar surface area (TPSA) is 59.6 Å². The van der Waals surface area contributed by atoms with Crippen molar-refractivity contribution in [1.29, 1.82) is 0 Å². The summed E-state index contributed by atoms with van der Waals surface area (Å²) < 4.78 is 13.4. The van der Waals surface area contributed by atoms with Crippen LogP contribution in [0.5, 0.6) is 5.75 Å². The van der Waals surface area contributed by atoms with Crippen molar-refractivity contribution in [1.82, 2.24) is 14.8 Å². The van der Waals surface area contributed by atoms with Gasteiger partial charge in [0.2, 0.25) is 0 Å². The van der Waals surface area contributed by atoms with E-state index >= 15 is 0 Å². The molecule has 26 heavy (non-hydrogen) atoms. The minimum Gasteiger partial charge on any atom is -0.492 e. The zero-order valence-corrected chi connectivity index (χ0v) is 15.5. The standard InChI is InChI=1S/C20H25N3O3/c1-15-13-17-19(26-15)14-18(20(24)21-9-10-22(2)3)23(17)11-12-25-16-7-5-4-6-8-16/h4-8,13-14H,9-12H2,1-3H3,(H,21,24). The Balaban J connectivity index is 1.74. The molecule has 0 atom stereocenters. The van der Waals surface area contributed by atoms with Crippen LogP contribution >= 0.6 is 0 Å². The average molecular weight is 355 g/mol. The van der Waals surface area contributed by atoms with Crippen molar-refractivity contribution in [3.05, 3.63) is 53.9 Å². The Morgan fingerprint density at radius 3 is 2.73 bits per heavy atom. The first kappa shape index (κ1) is 18.1. The van der Waals surface area contributed by atoms with E-state index in [0.717, 1.165) is 29.2 Å². The van der Waals surface area contributed by atoms with Crippen LogP contribution in [0.4, 0.5) is 0 Å². The van der Waals surface area contributed by atoms with E-state index < -0.39 is 0 Å². The highest BCUT2D eigenvalue weighted by molar-refractivity contribution is 5.97. The van der Waals surface area contributed by atoms with Crippen LogP contribution in [-0.4, -0.2) is 49.2 Å². The number of amides is 1. The summed E-state index contributed by atoms with van der Waals surface area (Å²) in [5, 5.41) is 2.96. The summed E-state index contributed by atoms with van der Waals surface area (Å²) in [7, 11) is 3.96. The third-order valence-corrected chi connectivity index (χ3v) is 4.12. The number of nitrogens with zero attached hydrogens (tertiary/aromatic N) is 2. The van der Waals surface area contributed by atoms with Crippen LogP contribution in [0.15, 0.2) is 46.9 Å². The van der Waals surface area contributed by atoms with E-state index in [0.29, 0.717) is 25.4 Å². The van der Waals surface area contributed by atoms with Crippen LogP contribution in [0.25, 0.3) is 11.1 Å². The fourth-order valence-corrected chi connectivity index (χ4v) is 2.85. The molecular formula is C20H25N3O3. The number of furan rings is 1. The van der Waals surface area contributed by atoms with E-state index in [1.807, 2.05) is 66.9 Å². The quantitative estimate of drug-likeness (QED) is 0.675. The molecule has 1 N–H and O–H groups in total. The summed E-state index contributed by atoms with van der Waals surface area (Å²) in [6.07, 6.45) is 0. The van der Waals surface area contributed by atoms with Crippen molar-refractivity contribution in [2.24, 2.45) is 0 Å². The molecular weight excluding hydrogens is 330 g/mol. The lowest BCUT2D eigenvalue weighted by atomic mass is 10.3. The lowest BCUT2D eigenvalue weighted by Crippen LogP contribution is -2.32. The zero-order chi connectivity index (χ0) is 18.5. The van der Waals surface area contributed by atoms with Gasteiger partial charge in [-0.15, -0.1) is 0 Å². The summed E-state index contributed by atoms with van der Waals surface area (Å²) in [4.78, 5) is 14.6. The summed E-state index contributed by atoms with van der Waals surface area (Å²) in [5.41, 5.74) is 2.23. The first-order valence-corrected chi connectivity index (χ1v) is 8.75. The molecule has 0 bridgehead atoms. The van der Waals surface area contributed by atoms with E-state index in [2.05, 4.69) is 5.32 Å². The van der Waals surface area contributed by atoms with Crippen LogP contribution in [0, 0.1) is 6.92 Å². The van der Waals surface area contributed by atoms with Crippen molar-refractivity contribution in [2.45, 2.75) is 13.5 Å². The number of rotatable bonds is 8. The van der Waals surface area contributed by atoms with Crippen molar-refractivity contribution < 1.29 is 13.9 Å². The number of hydrogen-bond acceptors (Lipinski definition) is 4. The lowest BCUT2D eigenvalue weighted by molar-refractivity contribution is 0.0941. The molecule has 0 spiro atoms. The van der Waals surface area contributed by atoms with E-state index in [9.17, 15) is 4.79 Å². The van der Waals surface area contributed by atoms with Gasteiger partial charge in [-0.3, -0.25) is 4.79 Å². The van der Waals surface area contributed by atoms with E-state index in [1.54, 1.807) is 6.07 Å². The van der Waals surface area contributed by atoms with Gasteiger partial charge in [-0.1, -0.05) is 18.2 Å². The summed E-state index contributed by atoms with van der Waals surface area (Å²) >= 11 is 0. The van der Waals surface area contributed by atoms with Crippen LogP contribution < -0.4 is 10.1 Å². The van der Waals surface area contributed by atoms with Gasteiger partial charge in [0, 0.05) is 25.2 Å². The highest BCUT2D eigenvalue weighted by Crippen LogP contribution is 2.24. The van der Waals surface area contributed by atoms with Crippen molar-refractivity contribution >= 4 is 17.0 Å². The van der Waals surface area contributed by atoms with Gasteiger partial charge in [0.15, 0.2) is 5.58 Å². The molecule has 0 radical (unpaired) electrons. The molecule has 0 saturated heterocycles. The van der Waals surface area contributed by atoms with E-state index in [-0.39, 0.29) is 5.91 Å². The molecule has 0 saturated carbocycles. The fourth-order valence-electron chi connectivity index (χ4n) is 2.85. The third-order valence-electron chi connectivity index (χ3n) is 4.12. The first-order valence-electron chi connectivity index (χ1n) is 8.75. The molecule has 1 aromatic carbocycles. The fraction of sp³-hybridized carbons (Fsp3) is 0.350. The number of fused-ring (bicyclic) bond motifs is 1. The molecule has 0 unspecified atom stereocenters. The molecule has 6 heteroatoms. The number of aromatic nitrogens is 1.